The van der Waals surface area contributed by atoms with Crippen LogP contribution in [0, 0.1) is 11.3 Å². The Morgan fingerprint density at radius 1 is 1.12 bits per heavy atom. The molecule has 0 radical (unpaired) electrons. The van der Waals surface area contributed by atoms with Gasteiger partial charge in [0.05, 0.1) is 12.2 Å². The summed E-state index contributed by atoms with van der Waals surface area (Å²) in [5.41, 5.74) is 0.388. The number of nitrogens with zero attached hydrogens (tertiary/aromatic N) is 2. The van der Waals surface area contributed by atoms with Crippen molar-refractivity contribution in [1.29, 1.82) is 5.26 Å². The van der Waals surface area contributed by atoms with Gasteiger partial charge in [-0.15, -0.1) is 0 Å². The average Bonchev–Trinajstić information content (AvgIpc) is 2.61. The Labute approximate surface area is 147 Å². The standard InChI is InChI=1S/C20H20N2O3/c1-4-24-16-9-11-17(12-10-16)25-19-8-6-5-7-18(19)20(23)15(13-21)14-22(2)3/h5-12,14H,4H2,1-3H3/b15-14+. The van der Waals surface area contributed by atoms with Crippen LogP contribution in [0.4, 0.5) is 0 Å². The Hall–Kier alpha value is -3.26. The minimum Gasteiger partial charge on any atom is -0.494 e. The zero-order valence-electron chi connectivity index (χ0n) is 14.5. The van der Waals surface area contributed by atoms with Crippen LogP contribution in [0.2, 0.25) is 0 Å². The third-order valence-corrected chi connectivity index (χ3v) is 3.25. The molecule has 0 amide bonds. The summed E-state index contributed by atoms with van der Waals surface area (Å²) in [5, 5.41) is 9.25. The number of nitriles is 1. The van der Waals surface area contributed by atoms with E-state index in [1.165, 1.54) is 6.20 Å². The lowest BCUT2D eigenvalue weighted by atomic mass is 10.0. The van der Waals surface area contributed by atoms with Crippen molar-refractivity contribution in [2.75, 3.05) is 20.7 Å². The first kappa shape index (κ1) is 18.1. The SMILES string of the molecule is CCOc1ccc(Oc2ccccc2C(=O)/C(C#N)=C/N(C)C)cc1. The maximum absolute atomic E-state index is 12.6. The molecule has 0 saturated carbocycles. The summed E-state index contributed by atoms with van der Waals surface area (Å²) in [6, 6.07) is 16.0. The molecule has 0 bridgehead atoms. The van der Waals surface area contributed by atoms with Crippen LogP contribution in [-0.2, 0) is 0 Å². The van der Waals surface area contributed by atoms with Crippen LogP contribution in [0.5, 0.6) is 17.2 Å². The summed E-state index contributed by atoms with van der Waals surface area (Å²) in [5.74, 6) is 1.35. The number of ether oxygens (including phenoxy) is 2. The van der Waals surface area contributed by atoms with Gasteiger partial charge in [0, 0.05) is 20.3 Å². The maximum atomic E-state index is 12.6. The van der Waals surface area contributed by atoms with Crippen LogP contribution in [0.25, 0.3) is 0 Å². The number of carbonyl (C=O) groups excluding carboxylic acids is 1. The fraction of sp³-hybridized carbons (Fsp3) is 0.200. The first-order chi connectivity index (χ1) is 12.0. The smallest absolute Gasteiger partial charge is 0.208 e. The van der Waals surface area contributed by atoms with E-state index in [4.69, 9.17) is 9.47 Å². The van der Waals surface area contributed by atoms with Crippen molar-refractivity contribution in [3.63, 3.8) is 0 Å². The van der Waals surface area contributed by atoms with Gasteiger partial charge in [0.25, 0.3) is 0 Å². The molecule has 0 atom stereocenters. The monoisotopic (exact) mass is 336 g/mol. The van der Waals surface area contributed by atoms with E-state index >= 15 is 0 Å². The van der Waals surface area contributed by atoms with E-state index < -0.39 is 0 Å². The number of carbonyl (C=O) groups is 1. The van der Waals surface area contributed by atoms with Gasteiger partial charge in [0.15, 0.2) is 0 Å². The zero-order chi connectivity index (χ0) is 18.2. The predicted molar refractivity (Wildman–Crippen MR) is 95.8 cm³/mol. The Morgan fingerprint density at radius 2 is 1.76 bits per heavy atom. The number of para-hydroxylation sites is 1. The predicted octanol–water partition coefficient (Wildman–Crippen LogP) is 4.03. The minimum atomic E-state index is -0.377. The molecule has 0 aromatic heterocycles. The molecule has 2 aromatic rings. The van der Waals surface area contributed by atoms with E-state index in [0.717, 1.165) is 5.75 Å². The van der Waals surface area contributed by atoms with Crippen LogP contribution in [0.1, 0.15) is 17.3 Å². The van der Waals surface area contributed by atoms with Gasteiger partial charge in [-0.05, 0) is 43.3 Å². The molecule has 128 valence electrons. The molecule has 0 aliphatic heterocycles. The van der Waals surface area contributed by atoms with Crippen molar-refractivity contribution < 1.29 is 14.3 Å². The second kappa shape index (κ2) is 8.55. The van der Waals surface area contributed by atoms with Crippen molar-refractivity contribution in [2.45, 2.75) is 6.92 Å². The van der Waals surface area contributed by atoms with Crippen LogP contribution < -0.4 is 9.47 Å². The molecule has 25 heavy (non-hydrogen) atoms. The molecular weight excluding hydrogens is 316 g/mol. The zero-order valence-corrected chi connectivity index (χ0v) is 14.5. The number of Topliss-reactive ketones (excluding diaryl/α,β-unsaturated/α-hetero) is 1. The van der Waals surface area contributed by atoms with Crippen molar-refractivity contribution in [3.05, 3.63) is 65.9 Å². The van der Waals surface area contributed by atoms with Crippen molar-refractivity contribution in [3.8, 4) is 23.3 Å². The largest absolute Gasteiger partial charge is 0.494 e. The Balaban J connectivity index is 2.29. The van der Waals surface area contributed by atoms with Crippen LogP contribution in [0.3, 0.4) is 0 Å². The number of benzene rings is 2. The molecule has 0 N–H and O–H groups in total. The lowest BCUT2D eigenvalue weighted by Gasteiger charge is -2.12. The highest BCUT2D eigenvalue weighted by Gasteiger charge is 2.17. The topological polar surface area (TPSA) is 62.6 Å². The highest BCUT2D eigenvalue weighted by molar-refractivity contribution is 6.12. The molecule has 5 nitrogen and oxygen atoms in total. The van der Waals surface area contributed by atoms with E-state index in [0.29, 0.717) is 23.7 Å². The van der Waals surface area contributed by atoms with Crippen LogP contribution >= 0.6 is 0 Å². The molecule has 0 fully saturated rings. The molecule has 2 aromatic carbocycles. The first-order valence-electron chi connectivity index (χ1n) is 7.88. The number of hydrogen-bond acceptors (Lipinski definition) is 5. The summed E-state index contributed by atoms with van der Waals surface area (Å²) < 4.78 is 11.2. The van der Waals surface area contributed by atoms with Gasteiger partial charge in [-0.2, -0.15) is 5.26 Å². The first-order valence-corrected chi connectivity index (χ1v) is 7.88. The normalized spacial score (nSPS) is 10.7. The van der Waals surface area contributed by atoms with Crippen LogP contribution in [0.15, 0.2) is 60.3 Å². The van der Waals surface area contributed by atoms with Crippen LogP contribution in [-0.4, -0.2) is 31.4 Å². The van der Waals surface area contributed by atoms with Crippen molar-refractivity contribution in [2.24, 2.45) is 0 Å². The summed E-state index contributed by atoms with van der Waals surface area (Å²) in [6.07, 6.45) is 1.50. The molecule has 0 heterocycles. The maximum Gasteiger partial charge on any atom is 0.208 e. The number of rotatable bonds is 7. The highest BCUT2D eigenvalue weighted by atomic mass is 16.5. The fourth-order valence-electron chi connectivity index (χ4n) is 2.18. The Kier molecular flexibility index (Phi) is 6.19. The number of hydrogen-bond donors (Lipinski definition) is 0. The van der Waals surface area contributed by atoms with Crippen molar-refractivity contribution in [1.82, 2.24) is 4.90 Å². The molecule has 0 unspecified atom stereocenters. The third-order valence-electron chi connectivity index (χ3n) is 3.25. The van der Waals surface area contributed by atoms with Gasteiger partial charge in [-0.3, -0.25) is 4.79 Å². The summed E-state index contributed by atoms with van der Waals surface area (Å²) in [6.45, 7) is 2.51. The van der Waals surface area contributed by atoms with Gasteiger partial charge < -0.3 is 14.4 Å². The van der Waals surface area contributed by atoms with Gasteiger partial charge in [-0.1, -0.05) is 12.1 Å². The number of ketones is 1. The lowest BCUT2D eigenvalue weighted by Crippen LogP contribution is -2.09. The number of allylic oxidation sites excluding steroid dienone is 1. The Morgan fingerprint density at radius 3 is 2.36 bits per heavy atom. The fourth-order valence-corrected chi connectivity index (χ4v) is 2.18. The molecule has 0 aliphatic carbocycles. The second-order valence-corrected chi connectivity index (χ2v) is 5.45. The molecule has 0 saturated heterocycles. The van der Waals surface area contributed by atoms with E-state index in [9.17, 15) is 10.1 Å². The van der Waals surface area contributed by atoms with Gasteiger partial charge in [-0.25, -0.2) is 0 Å². The van der Waals surface area contributed by atoms with E-state index in [-0.39, 0.29) is 11.4 Å². The molecular formula is C20H20N2O3. The minimum absolute atomic E-state index is 0.0488. The third kappa shape index (κ3) is 4.85. The highest BCUT2D eigenvalue weighted by Crippen LogP contribution is 2.28. The molecule has 5 heteroatoms. The van der Waals surface area contributed by atoms with Crippen molar-refractivity contribution >= 4 is 5.78 Å². The van der Waals surface area contributed by atoms with E-state index in [2.05, 4.69) is 0 Å². The van der Waals surface area contributed by atoms with E-state index in [1.54, 1.807) is 67.5 Å². The van der Waals surface area contributed by atoms with Gasteiger partial charge in [0.2, 0.25) is 5.78 Å². The summed E-state index contributed by atoms with van der Waals surface area (Å²) >= 11 is 0. The molecule has 2 rings (SSSR count). The average molecular weight is 336 g/mol. The summed E-state index contributed by atoms with van der Waals surface area (Å²) in [7, 11) is 3.51. The Bertz CT molecular complexity index is 802. The summed E-state index contributed by atoms with van der Waals surface area (Å²) in [4.78, 5) is 14.3. The van der Waals surface area contributed by atoms with Gasteiger partial charge in [0.1, 0.15) is 28.9 Å². The lowest BCUT2D eigenvalue weighted by molar-refractivity contribution is 0.103. The quantitative estimate of drug-likeness (QED) is 0.434. The molecule has 0 aliphatic rings. The molecule has 0 spiro atoms. The van der Waals surface area contributed by atoms with E-state index in [1.807, 2.05) is 13.0 Å². The van der Waals surface area contributed by atoms with Gasteiger partial charge >= 0.3 is 0 Å². The second-order valence-electron chi connectivity index (χ2n) is 5.45.